The van der Waals surface area contributed by atoms with Gasteiger partial charge in [0.1, 0.15) is 5.69 Å². The van der Waals surface area contributed by atoms with E-state index in [1.54, 1.807) is 11.9 Å². The minimum atomic E-state index is -0.264. The van der Waals surface area contributed by atoms with Crippen LogP contribution in [0.25, 0.3) is 0 Å². The Kier molecular flexibility index (Phi) is 3.06. The van der Waals surface area contributed by atoms with Crippen LogP contribution in [0.1, 0.15) is 18.5 Å². The summed E-state index contributed by atoms with van der Waals surface area (Å²) in [5.74, 6) is 0.500. The number of amides is 1. The van der Waals surface area contributed by atoms with Crippen LogP contribution in [-0.4, -0.2) is 49.2 Å². The molecule has 0 aliphatic carbocycles. The van der Waals surface area contributed by atoms with Crippen LogP contribution in [0.5, 0.6) is 0 Å². The molecule has 7 heteroatoms. The number of hydrogen-bond donors (Lipinski definition) is 0. The van der Waals surface area contributed by atoms with Crippen LogP contribution in [0.4, 0.5) is 11.5 Å². The van der Waals surface area contributed by atoms with Gasteiger partial charge in [-0.15, -0.1) is 0 Å². The number of likely N-dealkylation sites (N-methyl/N-ethyl adjacent to an activating group) is 1. The average Bonchev–Trinajstić information content (AvgIpc) is 2.64. The molecule has 2 aliphatic rings. The highest BCUT2D eigenvalue weighted by Crippen LogP contribution is 2.41. The van der Waals surface area contributed by atoms with Crippen LogP contribution < -0.4 is 9.80 Å². The van der Waals surface area contributed by atoms with E-state index in [0.29, 0.717) is 18.9 Å². The Bertz CT molecular complexity index is 531. The van der Waals surface area contributed by atoms with E-state index in [-0.39, 0.29) is 17.1 Å². The molecule has 3 heterocycles. The molecule has 1 saturated heterocycles. The molecule has 1 fully saturated rings. The van der Waals surface area contributed by atoms with Crippen molar-refractivity contribution in [3.8, 4) is 0 Å². The van der Waals surface area contributed by atoms with Crippen molar-refractivity contribution >= 4 is 29.0 Å². The first-order chi connectivity index (χ1) is 9.09. The lowest BCUT2D eigenvalue weighted by Crippen LogP contribution is -2.38. The summed E-state index contributed by atoms with van der Waals surface area (Å²) in [4.78, 5) is 24.3. The van der Waals surface area contributed by atoms with Gasteiger partial charge >= 0.3 is 0 Å². The number of halogens is 1. The predicted octanol–water partition coefficient (Wildman–Crippen LogP) is 1.05. The van der Waals surface area contributed by atoms with Crippen LogP contribution >= 0.6 is 11.6 Å². The van der Waals surface area contributed by atoms with Crippen LogP contribution in [0.3, 0.4) is 0 Å². The normalized spacial score (nSPS) is 22.9. The maximum atomic E-state index is 12.1. The number of rotatable bonds is 1. The lowest BCUT2D eigenvalue weighted by atomic mass is 10.1. The third-order valence-corrected chi connectivity index (χ3v) is 3.79. The smallest absolute Gasteiger partial charge is 0.235 e. The van der Waals surface area contributed by atoms with Gasteiger partial charge < -0.3 is 14.5 Å². The number of carbonyl (C=O) groups is 1. The molecule has 102 valence electrons. The maximum absolute atomic E-state index is 12.1. The van der Waals surface area contributed by atoms with Gasteiger partial charge in [0.05, 0.1) is 24.8 Å². The van der Waals surface area contributed by atoms with Gasteiger partial charge in [0.15, 0.2) is 5.82 Å². The summed E-state index contributed by atoms with van der Waals surface area (Å²) >= 11 is 6.00. The number of anilines is 2. The highest BCUT2D eigenvalue weighted by atomic mass is 35.5. The molecular formula is C12H15ClN4O2. The second kappa shape index (κ2) is 4.61. The van der Waals surface area contributed by atoms with E-state index < -0.39 is 0 Å². The number of fused-ring (bicyclic) bond motifs is 1. The topological polar surface area (TPSA) is 58.6 Å². The molecule has 19 heavy (non-hydrogen) atoms. The van der Waals surface area contributed by atoms with Gasteiger partial charge in [-0.3, -0.25) is 4.79 Å². The van der Waals surface area contributed by atoms with E-state index in [0.717, 1.165) is 24.6 Å². The van der Waals surface area contributed by atoms with Crippen LogP contribution in [-0.2, 0) is 9.53 Å². The second-order valence-corrected chi connectivity index (χ2v) is 5.11. The summed E-state index contributed by atoms with van der Waals surface area (Å²) < 4.78 is 5.34. The molecule has 1 amide bonds. The molecule has 0 N–H and O–H groups in total. The van der Waals surface area contributed by atoms with Gasteiger partial charge in [-0.05, 0) is 18.5 Å². The number of nitrogens with zero attached hydrogens (tertiary/aromatic N) is 4. The summed E-state index contributed by atoms with van der Waals surface area (Å²) in [6.45, 7) is 4.65. The fourth-order valence-corrected chi connectivity index (χ4v) is 2.74. The van der Waals surface area contributed by atoms with E-state index in [4.69, 9.17) is 16.3 Å². The zero-order valence-electron chi connectivity index (χ0n) is 10.9. The highest BCUT2D eigenvalue weighted by Gasteiger charge is 2.38. The number of ether oxygens (including phenoxy) is 1. The molecule has 1 aromatic rings. The number of aromatic nitrogens is 2. The Balaban J connectivity index is 2.10. The van der Waals surface area contributed by atoms with Gasteiger partial charge in [0, 0.05) is 20.1 Å². The molecule has 0 unspecified atom stereocenters. The van der Waals surface area contributed by atoms with Gasteiger partial charge in [0.25, 0.3) is 0 Å². The monoisotopic (exact) mass is 282 g/mol. The van der Waals surface area contributed by atoms with E-state index in [1.807, 2.05) is 6.92 Å². The van der Waals surface area contributed by atoms with Crippen molar-refractivity contribution in [2.24, 2.45) is 0 Å². The first-order valence-electron chi connectivity index (χ1n) is 6.27. The third kappa shape index (κ3) is 1.95. The molecule has 0 radical (unpaired) electrons. The van der Waals surface area contributed by atoms with Crippen molar-refractivity contribution in [1.29, 1.82) is 0 Å². The third-order valence-electron chi connectivity index (χ3n) is 3.62. The van der Waals surface area contributed by atoms with Gasteiger partial charge in [-0.25, -0.2) is 4.98 Å². The van der Waals surface area contributed by atoms with E-state index in [9.17, 15) is 4.79 Å². The summed E-state index contributed by atoms with van der Waals surface area (Å²) in [5.41, 5.74) is 1.50. The van der Waals surface area contributed by atoms with Crippen LogP contribution in [0, 0.1) is 0 Å². The van der Waals surface area contributed by atoms with Crippen molar-refractivity contribution < 1.29 is 9.53 Å². The quantitative estimate of drug-likeness (QED) is 0.721. The standard InChI is InChI=1S/C12H15ClN4O2/c1-7-8-9(16(2)11(7)18)10(15-12(13)14-8)17-3-5-19-6-4-17/h7H,3-6H2,1-2H3/t7-/m0/s1. The zero-order chi connectivity index (χ0) is 13.6. The molecule has 0 saturated carbocycles. The molecule has 1 atom stereocenters. The SMILES string of the molecule is C[C@@H]1C(=O)N(C)c2c1nc(Cl)nc2N1CCOCC1. The molecule has 6 nitrogen and oxygen atoms in total. The Morgan fingerprint density at radius 1 is 1.32 bits per heavy atom. The minimum Gasteiger partial charge on any atom is -0.378 e. The van der Waals surface area contributed by atoms with Crippen LogP contribution in [0.2, 0.25) is 5.28 Å². The fourth-order valence-electron chi connectivity index (χ4n) is 2.57. The highest BCUT2D eigenvalue weighted by molar-refractivity contribution is 6.28. The minimum absolute atomic E-state index is 0.0288. The summed E-state index contributed by atoms with van der Waals surface area (Å²) in [5, 5.41) is 0.190. The fraction of sp³-hybridized carbons (Fsp3) is 0.583. The largest absolute Gasteiger partial charge is 0.378 e. The lowest BCUT2D eigenvalue weighted by molar-refractivity contribution is -0.118. The lowest BCUT2D eigenvalue weighted by Gasteiger charge is -2.30. The Hall–Kier alpha value is -1.40. The van der Waals surface area contributed by atoms with E-state index in [2.05, 4.69) is 14.9 Å². The van der Waals surface area contributed by atoms with Crippen molar-refractivity contribution in [2.75, 3.05) is 43.2 Å². The van der Waals surface area contributed by atoms with Crippen molar-refractivity contribution in [2.45, 2.75) is 12.8 Å². The molecular weight excluding hydrogens is 268 g/mol. The first kappa shape index (κ1) is 12.6. The molecule has 0 bridgehead atoms. The van der Waals surface area contributed by atoms with Crippen molar-refractivity contribution in [3.05, 3.63) is 11.0 Å². The van der Waals surface area contributed by atoms with Crippen molar-refractivity contribution in [3.63, 3.8) is 0 Å². The summed E-state index contributed by atoms with van der Waals surface area (Å²) in [6, 6.07) is 0. The predicted molar refractivity (Wildman–Crippen MR) is 71.9 cm³/mol. The number of hydrogen-bond acceptors (Lipinski definition) is 5. The second-order valence-electron chi connectivity index (χ2n) is 4.77. The summed E-state index contributed by atoms with van der Waals surface area (Å²) in [6.07, 6.45) is 0. The van der Waals surface area contributed by atoms with Gasteiger partial charge in [-0.1, -0.05) is 0 Å². The Morgan fingerprint density at radius 3 is 2.68 bits per heavy atom. The summed E-state index contributed by atoms with van der Waals surface area (Å²) in [7, 11) is 1.76. The molecule has 3 rings (SSSR count). The molecule has 0 aromatic carbocycles. The van der Waals surface area contributed by atoms with E-state index in [1.165, 1.54) is 0 Å². The molecule has 0 spiro atoms. The van der Waals surface area contributed by atoms with Gasteiger partial charge in [0.2, 0.25) is 11.2 Å². The zero-order valence-corrected chi connectivity index (χ0v) is 11.6. The van der Waals surface area contributed by atoms with Crippen molar-refractivity contribution in [1.82, 2.24) is 9.97 Å². The molecule has 2 aliphatic heterocycles. The van der Waals surface area contributed by atoms with Gasteiger partial charge in [-0.2, -0.15) is 4.98 Å². The maximum Gasteiger partial charge on any atom is 0.235 e. The van der Waals surface area contributed by atoms with Crippen LogP contribution in [0.15, 0.2) is 0 Å². The number of morpholine rings is 1. The Morgan fingerprint density at radius 2 is 2.00 bits per heavy atom. The Labute approximate surface area is 116 Å². The molecule has 1 aromatic heterocycles. The number of carbonyl (C=O) groups excluding carboxylic acids is 1. The van der Waals surface area contributed by atoms with E-state index >= 15 is 0 Å². The average molecular weight is 283 g/mol. The first-order valence-corrected chi connectivity index (χ1v) is 6.65.